The fourth-order valence-corrected chi connectivity index (χ4v) is 2.91. The molecule has 0 unspecified atom stereocenters. The Morgan fingerprint density at radius 3 is 1.52 bits per heavy atom. The molecular weight excluding hydrogens is 284 g/mol. The summed E-state index contributed by atoms with van der Waals surface area (Å²) in [5.74, 6) is 1.60. The summed E-state index contributed by atoms with van der Waals surface area (Å²) < 4.78 is 11.2. The lowest BCUT2D eigenvalue weighted by Gasteiger charge is -2.23. The fraction of sp³-hybridized carbons (Fsp3) is 0.143. The van der Waals surface area contributed by atoms with Gasteiger partial charge in [0.1, 0.15) is 11.5 Å². The molecule has 0 aromatic heterocycles. The maximum absolute atomic E-state index is 5.60. The van der Waals surface area contributed by atoms with Gasteiger partial charge in [0, 0.05) is 11.5 Å². The van der Waals surface area contributed by atoms with Crippen molar-refractivity contribution in [1.29, 1.82) is 0 Å². The van der Waals surface area contributed by atoms with E-state index in [0.717, 1.165) is 17.1 Å². The third kappa shape index (κ3) is 3.07. The first-order valence-corrected chi connectivity index (χ1v) is 7.57. The molecule has 0 spiro atoms. The molecule has 3 aromatic carbocycles. The van der Waals surface area contributed by atoms with Gasteiger partial charge in [-0.2, -0.15) is 0 Å². The molecule has 1 radical (unpaired) electrons. The van der Waals surface area contributed by atoms with Crippen LogP contribution >= 0.6 is 0 Å². The van der Waals surface area contributed by atoms with Crippen molar-refractivity contribution in [2.75, 3.05) is 14.2 Å². The molecule has 0 bridgehead atoms. The fourth-order valence-electron chi connectivity index (χ4n) is 2.91. The topological polar surface area (TPSA) is 18.5 Å². The first-order valence-electron chi connectivity index (χ1n) is 7.57. The minimum absolute atomic E-state index is 0.0388. The third-order valence-electron chi connectivity index (χ3n) is 3.95. The molecule has 0 heterocycles. The predicted molar refractivity (Wildman–Crippen MR) is 92.2 cm³/mol. The van der Waals surface area contributed by atoms with Crippen LogP contribution < -0.4 is 9.47 Å². The van der Waals surface area contributed by atoms with Crippen LogP contribution in [0.4, 0.5) is 0 Å². The lowest BCUT2D eigenvalue weighted by molar-refractivity contribution is 0.384. The van der Waals surface area contributed by atoms with Gasteiger partial charge in [-0.15, -0.1) is 0 Å². The average Bonchev–Trinajstić information content (AvgIpc) is 2.64. The number of rotatable bonds is 5. The normalized spacial score (nSPS) is 10.6. The molecule has 0 aliphatic carbocycles. The van der Waals surface area contributed by atoms with E-state index in [1.165, 1.54) is 11.1 Å². The van der Waals surface area contributed by atoms with E-state index >= 15 is 0 Å². The number of hydrogen-bond acceptors (Lipinski definition) is 2. The van der Waals surface area contributed by atoms with Crippen LogP contribution in [-0.2, 0) is 0 Å². The molecular formula is C21H19O2. The summed E-state index contributed by atoms with van der Waals surface area (Å²) in [7, 11) is 3.36. The summed E-state index contributed by atoms with van der Waals surface area (Å²) in [6.07, 6.45) is 0. The summed E-state index contributed by atoms with van der Waals surface area (Å²) in [4.78, 5) is 0. The maximum atomic E-state index is 5.60. The largest absolute Gasteiger partial charge is 0.496 e. The number of methoxy groups -OCH3 is 2. The zero-order chi connectivity index (χ0) is 16.1. The van der Waals surface area contributed by atoms with Gasteiger partial charge in [0.15, 0.2) is 0 Å². The molecule has 2 nitrogen and oxygen atoms in total. The Balaban J connectivity index is 2.25. The van der Waals surface area contributed by atoms with Crippen LogP contribution in [0.2, 0.25) is 0 Å². The molecule has 115 valence electrons. The van der Waals surface area contributed by atoms with Crippen LogP contribution in [0.5, 0.6) is 11.5 Å². The molecule has 3 aromatic rings. The summed E-state index contributed by atoms with van der Waals surface area (Å²) in [5.41, 5.74) is 3.41. The van der Waals surface area contributed by atoms with Gasteiger partial charge in [0.2, 0.25) is 0 Å². The Kier molecular flexibility index (Phi) is 4.62. The van der Waals surface area contributed by atoms with Crippen molar-refractivity contribution in [3.8, 4) is 11.5 Å². The van der Waals surface area contributed by atoms with Crippen LogP contribution in [0.3, 0.4) is 0 Å². The van der Waals surface area contributed by atoms with Gasteiger partial charge in [-0.25, -0.2) is 0 Å². The molecule has 0 saturated heterocycles. The van der Waals surface area contributed by atoms with Gasteiger partial charge in [-0.05, 0) is 29.3 Å². The lowest BCUT2D eigenvalue weighted by atomic mass is 9.84. The van der Waals surface area contributed by atoms with Crippen molar-refractivity contribution < 1.29 is 9.47 Å². The molecule has 0 aliphatic heterocycles. The molecule has 2 heteroatoms. The van der Waals surface area contributed by atoms with Crippen molar-refractivity contribution in [3.05, 3.63) is 95.6 Å². The SMILES string of the molecule is COc1c[c]cc(OC)c1C(c1ccccc1)c1ccccc1. The van der Waals surface area contributed by atoms with Gasteiger partial charge in [0.25, 0.3) is 0 Å². The summed E-state index contributed by atoms with van der Waals surface area (Å²) in [5, 5.41) is 0. The van der Waals surface area contributed by atoms with Crippen LogP contribution in [0, 0.1) is 6.07 Å². The quantitative estimate of drug-likeness (QED) is 0.637. The monoisotopic (exact) mass is 303 g/mol. The average molecular weight is 303 g/mol. The smallest absolute Gasteiger partial charge is 0.127 e. The van der Waals surface area contributed by atoms with E-state index in [2.05, 4.69) is 54.6 Å². The van der Waals surface area contributed by atoms with Gasteiger partial charge >= 0.3 is 0 Å². The second kappa shape index (κ2) is 7.01. The molecule has 0 atom stereocenters. The zero-order valence-electron chi connectivity index (χ0n) is 13.3. The van der Waals surface area contributed by atoms with Gasteiger partial charge in [-0.1, -0.05) is 60.7 Å². The second-order valence-corrected chi connectivity index (χ2v) is 5.26. The Bertz CT molecular complexity index is 690. The van der Waals surface area contributed by atoms with Crippen molar-refractivity contribution >= 4 is 0 Å². The first kappa shape index (κ1) is 15.2. The molecule has 23 heavy (non-hydrogen) atoms. The van der Waals surface area contributed by atoms with E-state index < -0.39 is 0 Å². The van der Waals surface area contributed by atoms with E-state index in [9.17, 15) is 0 Å². The van der Waals surface area contributed by atoms with Gasteiger partial charge < -0.3 is 9.47 Å². The van der Waals surface area contributed by atoms with Gasteiger partial charge in [0.05, 0.1) is 14.2 Å². The summed E-state index contributed by atoms with van der Waals surface area (Å²) >= 11 is 0. The molecule has 3 rings (SSSR count). The Labute approximate surface area is 137 Å². The highest BCUT2D eigenvalue weighted by Gasteiger charge is 2.24. The Morgan fingerprint density at radius 2 is 1.13 bits per heavy atom. The molecule has 0 aliphatic rings. The van der Waals surface area contributed by atoms with E-state index in [0.29, 0.717) is 0 Å². The minimum Gasteiger partial charge on any atom is -0.496 e. The minimum atomic E-state index is 0.0388. The highest BCUT2D eigenvalue weighted by molar-refractivity contribution is 5.55. The van der Waals surface area contributed by atoms with Crippen LogP contribution in [0.25, 0.3) is 0 Å². The van der Waals surface area contributed by atoms with Crippen molar-refractivity contribution in [3.63, 3.8) is 0 Å². The predicted octanol–water partition coefficient (Wildman–Crippen LogP) is 4.68. The lowest BCUT2D eigenvalue weighted by Crippen LogP contribution is -2.07. The first-order chi connectivity index (χ1) is 11.3. The third-order valence-corrected chi connectivity index (χ3v) is 3.95. The van der Waals surface area contributed by atoms with E-state index in [4.69, 9.17) is 9.47 Å². The van der Waals surface area contributed by atoms with Crippen LogP contribution in [0.1, 0.15) is 22.6 Å². The maximum Gasteiger partial charge on any atom is 0.127 e. The number of hydrogen-bond donors (Lipinski definition) is 0. The second-order valence-electron chi connectivity index (χ2n) is 5.26. The zero-order valence-corrected chi connectivity index (χ0v) is 13.3. The Hall–Kier alpha value is -2.74. The Morgan fingerprint density at radius 1 is 0.696 bits per heavy atom. The van der Waals surface area contributed by atoms with Crippen molar-refractivity contribution in [1.82, 2.24) is 0 Å². The molecule has 0 saturated carbocycles. The summed E-state index contributed by atoms with van der Waals surface area (Å²) in [6, 6.07) is 27.6. The number of ether oxygens (including phenoxy) is 2. The van der Waals surface area contributed by atoms with Crippen LogP contribution in [0.15, 0.2) is 72.8 Å². The van der Waals surface area contributed by atoms with E-state index in [1.54, 1.807) is 14.2 Å². The van der Waals surface area contributed by atoms with E-state index in [-0.39, 0.29) is 5.92 Å². The van der Waals surface area contributed by atoms with Crippen molar-refractivity contribution in [2.45, 2.75) is 5.92 Å². The van der Waals surface area contributed by atoms with Crippen molar-refractivity contribution in [2.24, 2.45) is 0 Å². The molecule has 0 amide bonds. The summed E-state index contributed by atoms with van der Waals surface area (Å²) in [6.45, 7) is 0. The highest BCUT2D eigenvalue weighted by atomic mass is 16.5. The van der Waals surface area contributed by atoms with E-state index in [1.807, 2.05) is 24.3 Å². The highest BCUT2D eigenvalue weighted by Crippen LogP contribution is 2.42. The number of benzene rings is 3. The molecule has 0 fully saturated rings. The standard InChI is InChI=1S/C21H19O2/c1-22-18-14-9-15-19(23-2)21(18)20(16-10-5-3-6-11-16)17-12-7-4-8-13-17/h3-8,10-15,20H,1-2H3. The molecule has 0 N–H and O–H groups in total. The van der Waals surface area contributed by atoms with Crippen LogP contribution in [-0.4, -0.2) is 14.2 Å². The van der Waals surface area contributed by atoms with Gasteiger partial charge in [-0.3, -0.25) is 0 Å².